The van der Waals surface area contributed by atoms with Crippen molar-refractivity contribution in [2.75, 3.05) is 26.2 Å². The molecule has 0 saturated carbocycles. The lowest BCUT2D eigenvalue weighted by molar-refractivity contribution is -0.0553. The minimum absolute atomic E-state index is 0.0282. The molecule has 1 N–H and O–H groups in total. The molecule has 5 nitrogen and oxygen atoms in total. The van der Waals surface area contributed by atoms with Gasteiger partial charge in [-0.15, -0.1) is 0 Å². The predicted octanol–water partition coefficient (Wildman–Crippen LogP) is 5.03. The van der Waals surface area contributed by atoms with Crippen LogP contribution in [0.15, 0.2) is 65.6 Å². The molecule has 0 aromatic heterocycles. The van der Waals surface area contributed by atoms with Crippen LogP contribution in [0.25, 0.3) is 11.1 Å². The van der Waals surface area contributed by atoms with Gasteiger partial charge in [-0.2, -0.15) is 4.31 Å². The van der Waals surface area contributed by atoms with E-state index in [-0.39, 0.29) is 29.5 Å². The lowest BCUT2D eigenvalue weighted by Crippen LogP contribution is -2.67. The van der Waals surface area contributed by atoms with Gasteiger partial charge in [0, 0.05) is 31.1 Å². The molecule has 3 aromatic rings. The predicted molar refractivity (Wildman–Crippen MR) is 145 cm³/mol. The summed E-state index contributed by atoms with van der Waals surface area (Å²) < 4.78 is 42.5. The Bertz CT molecular complexity index is 1390. The number of rotatable bonds is 5. The molecular formula is C30H35FN2O3S. The van der Waals surface area contributed by atoms with Gasteiger partial charge in [-0.25, -0.2) is 12.8 Å². The zero-order chi connectivity index (χ0) is 26.3. The fourth-order valence-electron chi connectivity index (χ4n) is 6.12. The van der Waals surface area contributed by atoms with E-state index in [9.17, 15) is 17.9 Å². The summed E-state index contributed by atoms with van der Waals surface area (Å²) in [6.07, 6.45) is 1.61. The first kappa shape index (κ1) is 26.0. The van der Waals surface area contributed by atoms with Crippen LogP contribution in [0.3, 0.4) is 0 Å². The fraction of sp³-hybridized carbons (Fsp3) is 0.400. The fourth-order valence-corrected chi connectivity index (χ4v) is 7.82. The molecule has 3 aromatic carbocycles. The number of sulfonamides is 1. The number of benzene rings is 3. The van der Waals surface area contributed by atoms with Gasteiger partial charge < -0.3 is 5.11 Å². The molecular weight excluding hydrogens is 487 g/mol. The standard InChI is InChI=1S/C30H35FN2O3S/c1-20-7-6-8-26(22(20)3)23-9-11-24(12-10-23)30-27-18-32(15-4-5-16-33(27)28(30)19-34)37(35,36)29-14-13-25(31)17-21(29)2/h6-14,17,27-28,30,34H,4-5,15-16,18-19H2,1-3H3/t27-,28+,30-/m0/s1. The molecule has 37 heavy (non-hydrogen) atoms. The number of aliphatic hydroxyl groups excluding tert-OH is 1. The first-order chi connectivity index (χ1) is 17.7. The van der Waals surface area contributed by atoms with E-state index in [1.807, 2.05) is 0 Å². The van der Waals surface area contributed by atoms with Crippen LogP contribution in [-0.4, -0.2) is 61.1 Å². The van der Waals surface area contributed by atoms with E-state index < -0.39 is 15.8 Å². The normalized spacial score (nSPS) is 23.1. The highest BCUT2D eigenvalue weighted by Gasteiger charge is 2.50. The van der Waals surface area contributed by atoms with Crippen molar-refractivity contribution in [3.8, 4) is 11.1 Å². The molecule has 3 atom stereocenters. The van der Waals surface area contributed by atoms with E-state index in [0.717, 1.165) is 30.5 Å². The summed E-state index contributed by atoms with van der Waals surface area (Å²) in [6.45, 7) is 7.54. The van der Waals surface area contributed by atoms with Crippen LogP contribution in [0.1, 0.15) is 41.0 Å². The number of aryl methyl sites for hydroxylation is 2. The number of fused-ring (bicyclic) bond motifs is 1. The highest BCUT2D eigenvalue weighted by Crippen LogP contribution is 2.43. The highest BCUT2D eigenvalue weighted by atomic mass is 32.2. The van der Waals surface area contributed by atoms with Crippen molar-refractivity contribution >= 4 is 10.0 Å². The maximum absolute atomic E-state index is 13.7. The van der Waals surface area contributed by atoms with Crippen molar-refractivity contribution in [1.82, 2.24) is 9.21 Å². The average Bonchev–Trinajstić information content (AvgIpc) is 2.85. The lowest BCUT2D eigenvalue weighted by atomic mass is 9.74. The number of nitrogens with zero attached hydrogens (tertiary/aromatic N) is 2. The highest BCUT2D eigenvalue weighted by molar-refractivity contribution is 7.89. The Morgan fingerprint density at radius 3 is 2.38 bits per heavy atom. The minimum Gasteiger partial charge on any atom is -0.395 e. The largest absolute Gasteiger partial charge is 0.395 e. The van der Waals surface area contributed by atoms with Gasteiger partial charge in [0.1, 0.15) is 5.82 Å². The Morgan fingerprint density at radius 2 is 1.68 bits per heavy atom. The van der Waals surface area contributed by atoms with Crippen molar-refractivity contribution in [3.63, 3.8) is 0 Å². The molecule has 0 unspecified atom stereocenters. The molecule has 5 rings (SSSR count). The first-order valence-corrected chi connectivity index (χ1v) is 14.5. The van der Waals surface area contributed by atoms with Crippen molar-refractivity contribution < 1.29 is 17.9 Å². The summed E-state index contributed by atoms with van der Waals surface area (Å²) >= 11 is 0. The molecule has 0 radical (unpaired) electrons. The monoisotopic (exact) mass is 522 g/mol. The maximum Gasteiger partial charge on any atom is 0.243 e. The summed E-state index contributed by atoms with van der Waals surface area (Å²) in [5, 5.41) is 10.3. The second kappa shape index (κ2) is 10.3. The van der Waals surface area contributed by atoms with Gasteiger partial charge >= 0.3 is 0 Å². The van der Waals surface area contributed by atoms with E-state index in [4.69, 9.17) is 0 Å². The molecule has 0 aliphatic carbocycles. The third-order valence-corrected chi connectivity index (χ3v) is 10.3. The Morgan fingerprint density at radius 1 is 0.946 bits per heavy atom. The average molecular weight is 523 g/mol. The molecule has 196 valence electrons. The van der Waals surface area contributed by atoms with Gasteiger partial charge in [-0.3, -0.25) is 4.90 Å². The second-order valence-corrected chi connectivity index (χ2v) is 12.3. The molecule has 2 heterocycles. The molecule has 0 amide bonds. The molecule has 2 aliphatic rings. The summed E-state index contributed by atoms with van der Waals surface area (Å²) in [4.78, 5) is 2.43. The molecule has 2 aliphatic heterocycles. The Kier molecular flexibility index (Phi) is 7.24. The summed E-state index contributed by atoms with van der Waals surface area (Å²) in [7, 11) is -3.78. The quantitative estimate of drug-likeness (QED) is 0.511. The zero-order valence-electron chi connectivity index (χ0n) is 21.7. The Balaban J connectivity index is 1.44. The van der Waals surface area contributed by atoms with Crippen LogP contribution >= 0.6 is 0 Å². The first-order valence-electron chi connectivity index (χ1n) is 13.0. The molecule has 0 bridgehead atoms. The smallest absolute Gasteiger partial charge is 0.243 e. The Labute approximate surface area is 219 Å². The van der Waals surface area contributed by atoms with Crippen LogP contribution in [0.5, 0.6) is 0 Å². The van der Waals surface area contributed by atoms with Crippen molar-refractivity contribution in [2.24, 2.45) is 0 Å². The van der Waals surface area contributed by atoms with E-state index >= 15 is 0 Å². The van der Waals surface area contributed by atoms with Crippen LogP contribution in [-0.2, 0) is 10.0 Å². The third-order valence-electron chi connectivity index (χ3n) is 8.30. The van der Waals surface area contributed by atoms with Crippen molar-refractivity contribution in [2.45, 2.75) is 56.5 Å². The van der Waals surface area contributed by atoms with Gasteiger partial charge in [0.05, 0.1) is 11.5 Å². The molecule has 0 spiro atoms. The Hall–Kier alpha value is -2.58. The zero-order valence-corrected chi connectivity index (χ0v) is 22.5. The molecule has 2 saturated heterocycles. The number of hydrogen-bond donors (Lipinski definition) is 1. The maximum atomic E-state index is 13.7. The van der Waals surface area contributed by atoms with E-state index in [0.29, 0.717) is 18.7 Å². The number of aliphatic hydroxyl groups is 1. The van der Waals surface area contributed by atoms with Crippen LogP contribution < -0.4 is 0 Å². The number of halogens is 1. The minimum atomic E-state index is -3.78. The second-order valence-electron chi connectivity index (χ2n) is 10.4. The van der Waals surface area contributed by atoms with Gasteiger partial charge in [0.15, 0.2) is 0 Å². The third kappa shape index (κ3) is 4.74. The van der Waals surface area contributed by atoms with Gasteiger partial charge in [-0.1, -0.05) is 42.5 Å². The van der Waals surface area contributed by atoms with Crippen LogP contribution in [0.4, 0.5) is 4.39 Å². The number of hydrogen-bond acceptors (Lipinski definition) is 4. The van der Waals surface area contributed by atoms with E-state index in [1.54, 1.807) is 11.2 Å². The van der Waals surface area contributed by atoms with E-state index in [1.165, 1.54) is 34.9 Å². The van der Waals surface area contributed by atoms with E-state index in [2.05, 4.69) is 61.2 Å². The lowest BCUT2D eigenvalue weighted by Gasteiger charge is -2.57. The SMILES string of the molecule is Cc1cc(F)ccc1S(=O)(=O)N1CCCCN2[C@H](CO)[C@@H](c3ccc(-c4cccc(C)c4C)cc3)[C@@H]2C1. The van der Waals surface area contributed by atoms with Gasteiger partial charge in [-0.05, 0) is 91.7 Å². The van der Waals surface area contributed by atoms with Gasteiger partial charge in [0.2, 0.25) is 10.0 Å². The van der Waals surface area contributed by atoms with Crippen LogP contribution in [0.2, 0.25) is 0 Å². The summed E-state index contributed by atoms with van der Waals surface area (Å²) in [6, 6.07) is 18.6. The van der Waals surface area contributed by atoms with Gasteiger partial charge in [0.25, 0.3) is 0 Å². The van der Waals surface area contributed by atoms with Crippen LogP contribution in [0, 0.1) is 26.6 Å². The molecule has 7 heteroatoms. The van der Waals surface area contributed by atoms with Crippen molar-refractivity contribution in [1.29, 1.82) is 0 Å². The summed E-state index contributed by atoms with van der Waals surface area (Å²) in [5.74, 6) is -0.410. The topological polar surface area (TPSA) is 60.9 Å². The molecule has 2 fully saturated rings. The summed E-state index contributed by atoms with van der Waals surface area (Å²) in [5.41, 5.74) is 6.40. The van der Waals surface area contributed by atoms with Crippen molar-refractivity contribution in [3.05, 3.63) is 88.7 Å².